The van der Waals surface area contributed by atoms with Gasteiger partial charge in [-0.3, -0.25) is 9.10 Å². The molecule has 5 nitrogen and oxygen atoms in total. The standard InChI is InChI=1S/C22H30N2O3S/c1-6-20(18-11-9-8-10-12-18)23-22(25)21(7-2)24(28(5,26)27)19-14-13-16(3)17(4)15-19/h8-15,20-21H,6-7H2,1-5H3,(H,23,25)/t20-,21+/m0/s1. The van der Waals surface area contributed by atoms with E-state index in [2.05, 4.69) is 5.32 Å². The molecule has 0 radical (unpaired) electrons. The Labute approximate surface area is 168 Å². The second kappa shape index (κ2) is 9.24. The topological polar surface area (TPSA) is 66.5 Å². The molecule has 0 aliphatic carbocycles. The van der Waals surface area contributed by atoms with Gasteiger partial charge < -0.3 is 5.32 Å². The first kappa shape index (κ1) is 22.0. The van der Waals surface area contributed by atoms with Crippen LogP contribution >= 0.6 is 0 Å². The normalized spacial score (nSPS) is 13.6. The van der Waals surface area contributed by atoms with E-state index < -0.39 is 16.1 Å². The van der Waals surface area contributed by atoms with E-state index in [4.69, 9.17) is 0 Å². The van der Waals surface area contributed by atoms with Gasteiger partial charge in [-0.1, -0.05) is 50.2 Å². The smallest absolute Gasteiger partial charge is 0.244 e. The van der Waals surface area contributed by atoms with Crippen molar-refractivity contribution in [1.82, 2.24) is 5.32 Å². The zero-order valence-electron chi connectivity index (χ0n) is 17.3. The Morgan fingerprint density at radius 3 is 2.14 bits per heavy atom. The van der Waals surface area contributed by atoms with Gasteiger partial charge in [-0.25, -0.2) is 8.42 Å². The molecule has 0 heterocycles. The van der Waals surface area contributed by atoms with Gasteiger partial charge in [0, 0.05) is 0 Å². The Morgan fingerprint density at radius 2 is 1.64 bits per heavy atom. The van der Waals surface area contributed by atoms with E-state index in [0.29, 0.717) is 18.5 Å². The molecule has 0 spiro atoms. The number of nitrogens with zero attached hydrogens (tertiary/aromatic N) is 1. The lowest BCUT2D eigenvalue weighted by atomic mass is 10.0. The summed E-state index contributed by atoms with van der Waals surface area (Å²) in [5.74, 6) is -0.290. The minimum absolute atomic E-state index is 0.163. The van der Waals surface area contributed by atoms with E-state index in [9.17, 15) is 13.2 Å². The maximum atomic E-state index is 13.1. The van der Waals surface area contributed by atoms with Gasteiger partial charge in [0.05, 0.1) is 18.0 Å². The molecule has 6 heteroatoms. The van der Waals surface area contributed by atoms with Gasteiger partial charge in [0.15, 0.2) is 0 Å². The van der Waals surface area contributed by atoms with Crippen LogP contribution in [0.4, 0.5) is 5.69 Å². The molecule has 2 aromatic rings. The summed E-state index contributed by atoms with van der Waals surface area (Å²) in [5, 5.41) is 3.04. The van der Waals surface area contributed by atoms with Gasteiger partial charge in [-0.15, -0.1) is 0 Å². The molecule has 0 aliphatic rings. The zero-order chi connectivity index (χ0) is 20.9. The molecule has 152 valence electrons. The van der Waals surface area contributed by atoms with Crippen LogP contribution in [0.1, 0.15) is 49.4 Å². The number of anilines is 1. The highest BCUT2D eigenvalue weighted by Crippen LogP contribution is 2.26. The first-order chi connectivity index (χ1) is 13.2. The van der Waals surface area contributed by atoms with Crippen LogP contribution in [-0.4, -0.2) is 26.6 Å². The third-order valence-corrected chi connectivity index (χ3v) is 6.18. The molecule has 2 rings (SSSR count). The number of hydrogen-bond acceptors (Lipinski definition) is 3. The van der Waals surface area contributed by atoms with Crippen molar-refractivity contribution < 1.29 is 13.2 Å². The summed E-state index contributed by atoms with van der Waals surface area (Å²) in [6.07, 6.45) is 2.23. The van der Waals surface area contributed by atoms with Crippen molar-refractivity contribution in [2.75, 3.05) is 10.6 Å². The fourth-order valence-corrected chi connectivity index (χ4v) is 4.50. The predicted octanol–water partition coefficient (Wildman–Crippen LogP) is 4.12. The summed E-state index contributed by atoms with van der Waals surface area (Å²) >= 11 is 0. The van der Waals surface area contributed by atoms with Gasteiger partial charge in [-0.05, 0) is 55.5 Å². The lowest BCUT2D eigenvalue weighted by molar-refractivity contribution is -0.123. The van der Waals surface area contributed by atoms with Crippen LogP contribution in [0.15, 0.2) is 48.5 Å². The fourth-order valence-electron chi connectivity index (χ4n) is 3.30. The van der Waals surface area contributed by atoms with E-state index >= 15 is 0 Å². The van der Waals surface area contributed by atoms with Crippen molar-refractivity contribution in [3.05, 3.63) is 65.2 Å². The minimum atomic E-state index is -3.64. The van der Waals surface area contributed by atoms with Crippen molar-refractivity contribution in [3.8, 4) is 0 Å². The quantitative estimate of drug-likeness (QED) is 0.722. The molecule has 0 unspecified atom stereocenters. The summed E-state index contributed by atoms with van der Waals surface area (Å²) in [6, 6.07) is 14.2. The van der Waals surface area contributed by atoms with Crippen molar-refractivity contribution in [3.63, 3.8) is 0 Å². The largest absolute Gasteiger partial charge is 0.347 e. The average Bonchev–Trinajstić information content (AvgIpc) is 2.66. The van der Waals surface area contributed by atoms with Crippen LogP contribution in [0.2, 0.25) is 0 Å². The third kappa shape index (κ3) is 5.13. The molecule has 0 aromatic heterocycles. The first-order valence-electron chi connectivity index (χ1n) is 9.61. The van der Waals surface area contributed by atoms with E-state index in [0.717, 1.165) is 22.9 Å². The summed E-state index contributed by atoms with van der Waals surface area (Å²) in [4.78, 5) is 13.1. The molecule has 0 saturated carbocycles. The van der Waals surface area contributed by atoms with E-state index in [1.165, 1.54) is 4.31 Å². The van der Waals surface area contributed by atoms with Crippen LogP contribution in [-0.2, 0) is 14.8 Å². The Bertz CT molecular complexity index is 911. The van der Waals surface area contributed by atoms with E-state index in [-0.39, 0.29) is 11.9 Å². The van der Waals surface area contributed by atoms with Gasteiger partial charge in [0.1, 0.15) is 6.04 Å². The van der Waals surface area contributed by atoms with Crippen molar-refractivity contribution in [1.29, 1.82) is 0 Å². The summed E-state index contributed by atoms with van der Waals surface area (Å²) < 4.78 is 26.5. The molecule has 0 fully saturated rings. The lowest BCUT2D eigenvalue weighted by Crippen LogP contribution is -2.50. The van der Waals surface area contributed by atoms with Gasteiger partial charge in [0.25, 0.3) is 0 Å². The van der Waals surface area contributed by atoms with E-state index in [1.807, 2.05) is 70.2 Å². The molecular formula is C22H30N2O3S. The Kier molecular flexibility index (Phi) is 7.24. The summed E-state index contributed by atoms with van der Waals surface area (Å²) in [5.41, 5.74) is 3.58. The molecule has 0 aliphatic heterocycles. The fraction of sp³-hybridized carbons (Fsp3) is 0.409. The molecule has 2 aromatic carbocycles. The SMILES string of the molecule is CC[C@H](NC(=O)[C@@H](CC)N(c1ccc(C)c(C)c1)S(C)(=O)=O)c1ccccc1. The molecule has 1 N–H and O–H groups in total. The molecule has 28 heavy (non-hydrogen) atoms. The van der Waals surface area contributed by atoms with Crippen LogP contribution in [0.5, 0.6) is 0 Å². The number of benzene rings is 2. The van der Waals surface area contributed by atoms with Crippen molar-refractivity contribution in [2.45, 2.75) is 52.6 Å². The summed E-state index contributed by atoms with van der Waals surface area (Å²) in [6.45, 7) is 7.73. The third-order valence-electron chi connectivity index (χ3n) is 5.00. The molecular weight excluding hydrogens is 372 g/mol. The molecule has 0 saturated heterocycles. The van der Waals surface area contributed by atoms with E-state index in [1.54, 1.807) is 6.07 Å². The number of aryl methyl sites for hydroxylation is 2. The molecule has 1 amide bonds. The average molecular weight is 403 g/mol. The number of amides is 1. The van der Waals surface area contributed by atoms with Crippen molar-refractivity contribution >= 4 is 21.6 Å². The number of carbonyl (C=O) groups excluding carboxylic acids is 1. The number of carbonyl (C=O) groups is 1. The Morgan fingerprint density at radius 1 is 1.00 bits per heavy atom. The predicted molar refractivity (Wildman–Crippen MR) is 115 cm³/mol. The first-order valence-corrected chi connectivity index (χ1v) is 11.5. The highest BCUT2D eigenvalue weighted by atomic mass is 32.2. The highest BCUT2D eigenvalue weighted by Gasteiger charge is 2.32. The van der Waals surface area contributed by atoms with Crippen LogP contribution < -0.4 is 9.62 Å². The van der Waals surface area contributed by atoms with Gasteiger partial charge >= 0.3 is 0 Å². The number of hydrogen-bond donors (Lipinski definition) is 1. The van der Waals surface area contributed by atoms with Crippen LogP contribution in [0, 0.1) is 13.8 Å². The maximum absolute atomic E-state index is 13.1. The lowest BCUT2D eigenvalue weighted by Gasteiger charge is -2.31. The monoisotopic (exact) mass is 402 g/mol. The van der Waals surface area contributed by atoms with Crippen LogP contribution in [0.3, 0.4) is 0 Å². The number of nitrogens with one attached hydrogen (secondary N) is 1. The minimum Gasteiger partial charge on any atom is -0.347 e. The van der Waals surface area contributed by atoms with Crippen molar-refractivity contribution in [2.24, 2.45) is 0 Å². The van der Waals surface area contributed by atoms with Gasteiger partial charge in [0.2, 0.25) is 15.9 Å². The van der Waals surface area contributed by atoms with Gasteiger partial charge in [-0.2, -0.15) is 0 Å². The summed E-state index contributed by atoms with van der Waals surface area (Å²) in [7, 11) is -3.64. The Hall–Kier alpha value is -2.34. The second-order valence-electron chi connectivity index (χ2n) is 7.13. The highest BCUT2D eigenvalue weighted by molar-refractivity contribution is 7.92. The maximum Gasteiger partial charge on any atom is 0.244 e. The molecule has 0 bridgehead atoms. The number of sulfonamides is 1. The second-order valence-corrected chi connectivity index (χ2v) is 8.99. The Balaban J connectivity index is 2.37. The zero-order valence-corrected chi connectivity index (χ0v) is 18.1. The number of rotatable bonds is 8. The van der Waals surface area contributed by atoms with Crippen LogP contribution in [0.25, 0.3) is 0 Å². The molecule has 2 atom stereocenters.